The van der Waals surface area contributed by atoms with Crippen LogP contribution >= 0.6 is 11.6 Å². The van der Waals surface area contributed by atoms with Crippen LogP contribution in [0.15, 0.2) is 41.1 Å². The molecule has 0 fully saturated rings. The molecule has 1 aromatic carbocycles. The van der Waals surface area contributed by atoms with E-state index in [1.165, 1.54) is 7.11 Å². The van der Waals surface area contributed by atoms with Crippen LogP contribution in [0, 0.1) is 0 Å². The molecule has 0 N–H and O–H groups in total. The molecular formula is C17H18ClNO3. The zero-order valence-electron chi connectivity index (χ0n) is 12.9. The highest BCUT2D eigenvalue weighted by atomic mass is 35.5. The van der Waals surface area contributed by atoms with E-state index in [0.717, 1.165) is 12.0 Å². The van der Waals surface area contributed by atoms with Crippen molar-refractivity contribution in [2.24, 2.45) is 0 Å². The molecule has 0 bridgehead atoms. The van der Waals surface area contributed by atoms with E-state index in [4.69, 9.17) is 16.3 Å². The fourth-order valence-corrected chi connectivity index (χ4v) is 2.68. The second-order valence-electron chi connectivity index (χ2n) is 5.02. The zero-order chi connectivity index (χ0) is 16.3. The van der Waals surface area contributed by atoms with E-state index >= 15 is 0 Å². The maximum atomic E-state index is 12.6. The van der Waals surface area contributed by atoms with Gasteiger partial charge >= 0.3 is 5.97 Å². The summed E-state index contributed by atoms with van der Waals surface area (Å²) in [6, 6.07) is 7.13. The second-order valence-corrected chi connectivity index (χ2v) is 5.46. The third kappa shape index (κ3) is 3.07. The lowest BCUT2D eigenvalue weighted by molar-refractivity contribution is -0.136. The number of esters is 1. The van der Waals surface area contributed by atoms with Gasteiger partial charge in [-0.3, -0.25) is 4.79 Å². The largest absolute Gasteiger partial charge is 0.465 e. The van der Waals surface area contributed by atoms with Crippen molar-refractivity contribution in [3.63, 3.8) is 0 Å². The minimum absolute atomic E-state index is 0.181. The Morgan fingerprint density at radius 1 is 1.41 bits per heavy atom. The van der Waals surface area contributed by atoms with Gasteiger partial charge in [0, 0.05) is 17.3 Å². The quantitative estimate of drug-likeness (QED) is 0.631. The number of rotatable bonds is 4. The monoisotopic (exact) mass is 319 g/mol. The van der Waals surface area contributed by atoms with E-state index < -0.39 is 5.97 Å². The molecule has 1 amide bonds. The average Bonchev–Trinajstić information content (AvgIpc) is 2.72. The summed E-state index contributed by atoms with van der Waals surface area (Å²) in [7, 11) is 1.31. The van der Waals surface area contributed by atoms with Crippen LogP contribution in [-0.2, 0) is 14.3 Å². The summed E-state index contributed by atoms with van der Waals surface area (Å²) in [5.41, 5.74) is 2.07. The van der Waals surface area contributed by atoms with Crippen molar-refractivity contribution in [2.45, 2.75) is 20.3 Å². The normalized spacial score (nSPS) is 16.6. The Labute approximate surface area is 135 Å². The molecule has 1 heterocycles. The summed E-state index contributed by atoms with van der Waals surface area (Å²) in [5, 5.41) is 0.575. The molecule has 0 atom stereocenters. The summed E-state index contributed by atoms with van der Waals surface area (Å²) >= 11 is 5.97. The van der Waals surface area contributed by atoms with Crippen LogP contribution in [0.25, 0.3) is 6.08 Å². The molecule has 1 aliphatic heterocycles. The Bertz CT molecular complexity index is 676. The van der Waals surface area contributed by atoms with Gasteiger partial charge in [-0.1, -0.05) is 30.7 Å². The summed E-state index contributed by atoms with van der Waals surface area (Å²) in [4.78, 5) is 26.3. The highest BCUT2D eigenvalue weighted by molar-refractivity contribution is 6.30. The number of amides is 1. The van der Waals surface area contributed by atoms with E-state index in [1.807, 2.05) is 13.0 Å². The number of methoxy groups -OCH3 is 1. The third-order valence-corrected chi connectivity index (χ3v) is 3.74. The lowest BCUT2D eigenvalue weighted by Gasteiger charge is -2.16. The molecule has 5 heteroatoms. The van der Waals surface area contributed by atoms with Gasteiger partial charge in [-0.25, -0.2) is 4.79 Å². The molecule has 0 saturated heterocycles. The minimum atomic E-state index is -0.502. The number of carbonyl (C=O) groups excluding carboxylic acids is 2. The van der Waals surface area contributed by atoms with Gasteiger partial charge in [-0.15, -0.1) is 0 Å². The number of ether oxygens (including phenoxy) is 1. The molecule has 0 spiro atoms. The predicted molar refractivity (Wildman–Crippen MR) is 86.1 cm³/mol. The fourth-order valence-electron chi connectivity index (χ4n) is 2.48. The van der Waals surface area contributed by atoms with Crippen LogP contribution < -0.4 is 0 Å². The van der Waals surface area contributed by atoms with Gasteiger partial charge in [0.25, 0.3) is 5.91 Å². The smallest absolute Gasteiger partial charge is 0.340 e. The third-order valence-electron chi connectivity index (χ3n) is 3.51. The van der Waals surface area contributed by atoms with Crippen LogP contribution in [0.3, 0.4) is 0 Å². The van der Waals surface area contributed by atoms with Gasteiger partial charge in [-0.2, -0.15) is 0 Å². The van der Waals surface area contributed by atoms with Gasteiger partial charge in [0.2, 0.25) is 0 Å². The average molecular weight is 320 g/mol. The molecule has 2 rings (SSSR count). The van der Waals surface area contributed by atoms with Crippen molar-refractivity contribution in [3.8, 4) is 0 Å². The van der Waals surface area contributed by atoms with Gasteiger partial charge in [0.15, 0.2) is 0 Å². The van der Waals surface area contributed by atoms with Crippen molar-refractivity contribution in [2.75, 3.05) is 13.7 Å². The standard InChI is InChI=1S/C17H18ClNO3/c1-4-8-19-11(2)15(17(21)22-3)14(16(19)20)10-12-6-5-7-13(18)9-12/h5-7,9-10H,4,8H2,1-3H3/b14-10-. The Morgan fingerprint density at radius 3 is 2.73 bits per heavy atom. The lowest BCUT2D eigenvalue weighted by atomic mass is 10.0. The number of hydrogen-bond donors (Lipinski definition) is 0. The number of hydrogen-bond acceptors (Lipinski definition) is 3. The first-order valence-corrected chi connectivity index (χ1v) is 7.46. The maximum Gasteiger partial charge on any atom is 0.340 e. The second kappa shape index (κ2) is 6.79. The summed E-state index contributed by atoms with van der Waals surface area (Å²) in [5.74, 6) is -0.683. The van der Waals surface area contributed by atoms with Crippen LogP contribution in [0.4, 0.5) is 0 Å². The van der Waals surface area contributed by atoms with E-state index in [0.29, 0.717) is 28.4 Å². The van der Waals surface area contributed by atoms with Gasteiger partial charge < -0.3 is 9.64 Å². The van der Waals surface area contributed by atoms with Crippen LogP contribution in [0.5, 0.6) is 0 Å². The number of halogens is 1. The molecule has 116 valence electrons. The highest BCUT2D eigenvalue weighted by Gasteiger charge is 2.36. The Morgan fingerprint density at radius 2 is 2.14 bits per heavy atom. The number of allylic oxidation sites excluding steroid dienone is 1. The van der Waals surface area contributed by atoms with Crippen molar-refractivity contribution in [3.05, 3.63) is 51.7 Å². The fraction of sp³-hybridized carbons (Fsp3) is 0.294. The summed E-state index contributed by atoms with van der Waals surface area (Å²) < 4.78 is 4.83. The van der Waals surface area contributed by atoms with Crippen LogP contribution in [0.1, 0.15) is 25.8 Å². The highest BCUT2D eigenvalue weighted by Crippen LogP contribution is 2.31. The molecule has 0 aliphatic carbocycles. The molecule has 0 unspecified atom stereocenters. The summed E-state index contributed by atoms with van der Waals surface area (Å²) in [6.07, 6.45) is 2.49. The predicted octanol–water partition coefficient (Wildman–Crippen LogP) is 3.42. The number of carbonyl (C=O) groups is 2. The molecule has 4 nitrogen and oxygen atoms in total. The number of benzene rings is 1. The van der Waals surface area contributed by atoms with Gasteiger partial charge in [0.1, 0.15) is 0 Å². The van der Waals surface area contributed by atoms with Gasteiger partial charge in [-0.05, 0) is 37.1 Å². The van der Waals surface area contributed by atoms with E-state index in [9.17, 15) is 9.59 Å². The Kier molecular flexibility index (Phi) is 5.03. The van der Waals surface area contributed by atoms with E-state index in [-0.39, 0.29) is 5.91 Å². The SMILES string of the molecule is CCCN1C(=O)/C(=C\c2cccc(Cl)c2)C(C(=O)OC)=C1C. The van der Waals surface area contributed by atoms with Gasteiger partial charge in [0.05, 0.1) is 18.3 Å². The summed E-state index contributed by atoms with van der Waals surface area (Å²) in [6.45, 7) is 4.31. The first-order chi connectivity index (χ1) is 10.5. The Hall–Kier alpha value is -2.07. The van der Waals surface area contributed by atoms with Crippen molar-refractivity contribution < 1.29 is 14.3 Å². The minimum Gasteiger partial charge on any atom is -0.465 e. The zero-order valence-corrected chi connectivity index (χ0v) is 13.6. The van der Waals surface area contributed by atoms with Crippen molar-refractivity contribution in [1.82, 2.24) is 4.90 Å². The van der Waals surface area contributed by atoms with E-state index in [2.05, 4.69) is 0 Å². The lowest BCUT2D eigenvalue weighted by Crippen LogP contribution is -2.25. The van der Waals surface area contributed by atoms with Crippen molar-refractivity contribution in [1.29, 1.82) is 0 Å². The number of nitrogens with zero attached hydrogens (tertiary/aromatic N) is 1. The molecule has 0 saturated carbocycles. The molecular weight excluding hydrogens is 302 g/mol. The molecule has 1 aliphatic rings. The molecule has 0 radical (unpaired) electrons. The molecule has 0 aromatic heterocycles. The Balaban J connectivity index is 2.52. The molecule has 1 aromatic rings. The van der Waals surface area contributed by atoms with Crippen LogP contribution in [0.2, 0.25) is 5.02 Å². The molecule has 22 heavy (non-hydrogen) atoms. The maximum absolute atomic E-state index is 12.6. The van der Waals surface area contributed by atoms with Crippen molar-refractivity contribution >= 4 is 29.6 Å². The first-order valence-electron chi connectivity index (χ1n) is 7.08. The van der Waals surface area contributed by atoms with Crippen LogP contribution in [-0.4, -0.2) is 30.4 Å². The van der Waals surface area contributed by atoms with E-state index in [1.54, 1.807) is 36.1 Å². The first kappa shape index (κ1) is 16.3. The topological polar surface area (TPSA) is 46.6 Å².